The molecule has 0 aliphatic carbocycles. The van der Waals surface area contributed by atoms with E-state index < -0.39 is 11.6 Å². The molecule has 0 saturated carbocycles. The Bertz CT molecular complexity index is 619. The molecule has 0 radical (unpaired) electrons. The van der Waals surface area contributed by atoms with Gasteiger partial charge in [-0.15, -0.1) is 0 Å². The fraction of sp³-hybridized carbons (Fsp3) is 0.250. The smallest absolute Gasteiger partial charge is 0.145 e. The van der Waals surface area contributed by atoms with Gasteiger partial charge in [0.2, 0.25) is 0 Å². The average molecular weight is 312 g/mol. The molecule has 0 heterocycles. The first kappa shape index (κ1) is 15.7. The Morgan fingerprint density at radius 2 is 1.90 bits per heavy atom. The van der Waals surface area contributed by atoms with E-state index in [1.54, 1.807) is 6.07 Å². The highest BCUT2D eigenvalue weighted by molar-refractivity contribution is 6.30. The number of rotatable bonds is 6. The molecule has 2 nitrogen and oxygen atoms in total. The molecule has 0 aromatic heterocycles. The molecule has 0 fully saturated rings. The van der Waals surface area contributed by atoms with Gasteiger partial charge in [-0.05, 0) is 42.8 Å². The molecule has 0 saturated heterocycles. The van der Waals surface area contributed by atoms with Crippen molar-refractivity contribution >= 4 is 11.6 Å². The Labute approximate surface area is 127 Å². The van der Waals surface area contributed by atoms with Crippen LogP contribution in [0.2, 0.25) is 5.02 Å². The second-order valence-electron chi connectivity index (χ2n) is 4.65. The molecule has 21 heavy (non-hydrogen) atoms. The van der Waals surface area contributed by atoms with Crippen LogP contribution in [0.4, 0.5) is 8.78 Å². The van der Waals surface area contributed by atoms with Crippen molar-refractivity contribution in [1.82, 2.24) is 5.32 Å². The molecule has 0 amide bonds. The molecular weight excluding hydrogens is 296 g/mol. The van der Waals surface area contributed by atoms with Gasteiger partial charge in [-0.2, -0.15) is 0 Å². The molecule has 0 bridgehead atoms. The van der Waals surface area contributed by atoms with Crippen molar-refractivity contribution in [2.24, 2.45) is 0 Å². The zero-order valence-electron chi connectivity index (χ0n) is 11.6. The Hall–Kier alpha value is -1.65. The molecule has 0 unspecified atom stereocenters. The summed E-state index contributed by atoms with van der Waals surface area (Å²) < 4.78 is 32.4. The fourth-order valence-corrected chi connectivity index (χ4v) is 1.99. The average Bonchev–Trinajstić information content (AvgIpc) is 2.43. The molecule has 0 atom stereocenters. The van der Waals surface area contributed by atoms with Gasteiger partial charge in [0.25, 0.3) is 0 Å². The molecule has 112 valence electrons. The van der Waals surface area contributed by atoms with Crippen molar-refractivity contribution in [3.8, 4) is 11.5 Å². The van der Waals surface area contributed by atoms with Crippen LogP contribution in [0.15, 0.2) is 36.4 Å². The van der Waals surface area contributed by atoms with E-state index in [0.717, 1.165) is 18.5 Å². The minimum Gasteiger partial charge on any atom is -0.457 e. The number of hydrogen-bond donors (Lipinski definition) is 1. The third-order valence-electron chi connectivity index (χ3n) is 2.81. The first-order valence-electron chi connectivity index (χ1n) is 6.71. The third kappa shape index (κ3) is 4.69. The lowest BCUT2D eigenvalue weighted by Crippen LogP contribution is -2.13. The van der Waals surface area contributed by atoms with Crippen LogP contribution in [-0.2, 0) is 6.54 Å². The van der Waals surface area contributed by atoms with Crippen LogP contribution in [0.25, 0.3) is 0 Å². The predicted octanol–water partition coefficient (Wildman–Crippen LogP) is 4.91. The van der Waals surface area contributed by atoms with Gasteiger partial charge in [0.05, 0.1) is 5.02 Å². The van der Waals surface area contributed by atoms with E-state index in [4.69, 9.17) is 16.3 Å². The summed E-state index contributed by atoms with van der Waals surface area (Å²) in [5, 5.41) is 3.21. The summed E-state index contributed by atoms with van der Waals surface area (Å²) in [5.74, 6) is -0.370. The normalized spacial score (nSPS) is 10.7. The molecule has 2 rings (SSSR count). The second-order valence-corrected chi connectivity index (χ2v) is 5.06. The van der Waals surface area contributed by atoms with Crippen LogP contribution in [0.1, 0.15) is 18.9 Å². The minimum atomic E-state index is -0.574. The van der Waals surface area contributed by atoms with Crippen LogP contribution >= 0.6 is 11.6 Å². The third-order valence-corrected chi connectivity index (χ3v) is 3.12. The van der Waals surface area contributed by atoms with E-state index in [1.165, 1.54) is 30.3 Å². The Morgan fingerprint density at radius 3 is 2.62 bits per heavy atom. The summed E-state index contributed by atoms with van der Waals surface area (Å²) in [6, 6.07) is 8.52. The zero-order valence-corrected chi connectivity index (χ0v) is 12.4. The second kappa shape index (κ2) is 7.38. The summed E-state index contributed by atoms with van der Waals surface area (Å²) in [4.78, 5) is 0. The maximum absolute atomic E-state index is 13.6. The van der Waals surface area contributed by atoms with Crippen LogP contribution in [-0.4, -0.2) is 6.54 Å². The summed E-state index contributed by atoms with van der Waals surface area (Å²) in [5.41, 5.74) is 0.771. The Morgan fingerprint density at radius 1 is 1.10 bits per heavy atom. The highest BCUT2D eigenvalue weighted by Crippen LogP contribution is 2.26. The van der Waals surface area contributed by atoms with Gasteiger partial charge >= 0.3 is 0 Å². The minimum absolute atomic E-state index is 0.0195. The predicted molar refractivity (Wildman–Crippen MR) is 79.9 cm³/mol. The van der Waals surface area contributed by atoms with Crippen LogP contribution in [0, 0.1) is 11.6 Å². The largest absolute Gasteiger partial charge is 0.457 e. The highest BCUT2D eigenvalue weighted by Gasteiger charge is 2.06. The van der Waals surface area contributed by atoms with Crippen molar-refractivity contribution in [3.05, 3.63) is 58.6 Å². The van der Waals surface area contributed by atoms with Crippen molar-refractivity contribution in [1.29, 1.82) is 0 Å². The van der Waals surface area contributed by atoms with Gasteiger partial charge in [-0.1, -0.05) is 18.5 Å². The molecular formula is C16H16ClF2NO. The van der Waals surface area contributed by atoms with E-state index in [-0.39, 0.29) is 10.8 Å². The van der Waals surface area contributed by atoms with Crippen molar-refractivity contribution < 1.29 is 13.5 Å². The van der Waals surface area contributed by atoms with Crippen LogP contribution in [0.3, 0.4) is 0 Å². The van der Waals surface area contributed by atoms with Gasteiger partial charge in [-0.25, -0.2) is 8.78 Å². The SMILES string of the molecule is CCCNCc1cc(F)cc(Oc2ccc(Cl)c(F)c2)c1. The van der Waals surface area contributed by atoms with E-state index in [0.29, 0.717) is 12.3 Å². The number of halogens is 3. The standard InChI is InChI=1S/C16H16ClF2NO/c1-2-5-20-10-11-6-12(18)8-14(7-11)21-13-3-4-15(17)16(19)9-13/h3-4,6-9,20H,2,5,10H2,1H3. The van der Waals surface area contributed by atoms with Crippen molar-refractivity contribution in [2.75, 3.05) is 6.54 Å². The van der Waals surface area contributed by atoms with Gasteiger partial charge in [0.1, 0.15) is 23.1 Å². The van der Waals surface area contributed by atoms with Crippen LogP contribution < -0.4 is 10.1 Å². The van der Waals surface area contributed by atoms with Crippen LogP contribution in [0.5, 0.6) is 11.5 Å². The van der Waals surface area contributed by atoms with Gasteiger partial charge in [0, 0.05) is 18.7 Å². The zero-order chi connectivity index (χ0) is 15.2. The maximum Gasteiger partial charge on any atom is 0.145 e. The van der Waals surface area contributed by atoms with E-state index >= 15 is 0 Å². The fourth-order valence-electron chi connectivity index (χ4n) is 1.87. The molecule has 0 spiro atoms. The van der Waals surface area contributed by atoms with Gasteiger partial charge in [-0.3, -0.25) is 0 Å². The monoisotopic (exact) mass is 311 g/mol. The topological polar surface area (TPSA) is 21.3 Å². The summed E-state index contributed by atoms with van der Waals surface area (Å²) in [7, 11) is 0. The van der Waals surface area contributed by atoms with E-state index in [1.807, 2.05) is 0 Å². The van der Waals surface area contributed by atoms with E-state index in [9.17, 15) is 8.78 Å². The van der Waals surface area contributed by atoms with Gasteiger partial charge < -0.3 is 10.1 Å². The molecule has 2 aromatic carbocycles. The van der Waals surface area contributed by atoms with E-state index in [2.05, 4.69) is 12.2 Å². The van der Waals surface area contributed by atoms with Crippen molar-refractivity contribution in [3.63, 3.8) is 0 Å². The Kier molecular flexibility index (Phi) is 5.53. The number of ether oxygens (including phenoxy) is 1. The number of hydrogen-bond acceptors (Lipinski definition) is 2. The molecule has 1 N–H and O–H groups in total. The first-order chi connectivity index (χ1) is 10.1. The quantitative estimate of drug-likeness (QED) is 0.765. The lowest BCUT2D eigenvalue weighted by atomic mass is 10.2. The molecule has 5 heteroatoms. The summed E-state index contributed by atoms with van der Waals surface area (Å²) >= 11 is 5.61. The molecule has 0 aliphatic rings. The number of nitrogens with one attached hydrogen (secondary N) is 1. The first-order valence-corrected chi connectivity index (χ1v) is 7.09. The Balaban J connectivity index is 2.13. The van der Waals surface area contributed by atoms with Crippen molar-refractivity contribution in [2.45, 2.75) is 19.9 Å². The highest BCUT2D eigenvalue weighted by atomic mass is 35.5. The number of benzene rings is 2. The van der Waals surface area contributed by atoms with Gasteiger partial charge in [0.15, 0.2) is 0 Å². The lowest BCUT2D eigenvalue weighted by molar-refractivity contribution is 0.470. The lowest BCUT2D eigenvalue weighted by Gasteiger charge is -2.09. The maximum atomic E-state index is 13.6. The summed E-state index contributed by atoms with van der Waals surface area (Å²) in [6.45, 7) is 3.47. The molecule has 2 aromatic rings. The summed E-state index contributed by atoms with van der Waals surface area (Å²) in [6.07, 6.45) is 1.00. The molecule has 0 aliphatic heterocycles.